The van der Waals surface area contributed by atoms with Gasteiger partial charge in [0.15, 0.2) is 0 Å². The summed E-state index contributed by atoms with van der Waals surface area (Å²) >= 11 is 6.23. The molecule has 0 radical (unpaired) electrons. The van der Waals surface area contributed by atoms with Crippen LogP contribution in [0.2, 0.25) is 0 Å². The first-order chi connectivity index (χ1) is 9.90. The Morgan fingerprint density at radius 2 is 1.71 bits per heavy atom. The van der Waals surface area contributed by atoms with Gasteiger partial charge < -0.3 is 0 Å². The molecular weight excluding hydrogens is 306 g/mol. The number of rotatable bonds is 5. The van der Waals surface area contributed by atoms with Crippen molar-refractivity contribution >= 4 is 21.6 Å². The van der Waals surface area contributed by atoms with Crippen LogP contribution in [0.25, 0.3) is 0 Å². The lowest BCUT2D eigenvalue weighted by Gasteiger charge is -2.12. The fraction of sp³-hybridized carbons (Fsp3) is 0.250. The predicted octanol–water partition coefficient (Wildman–Crippen LogP) is 3.56. The Balaban J connectivity index is 2.09. The molecule has 1 atom stereocenters. The van der Waals surface area contributed by atoms with Crippen LogP contribution in [-0.2, 0) is 10.0 Å². The van der Waals surface area contributed by atoms with Crippen LogP contribution in [-0.4, -0.2) is 15.0 Å². The van der Waals surface area contributed by atoms with Crippen molar-refractivity contribution in [3.8, 4) is 0 Å². The molecule has 1 unspecified atom stereocenters. The summed E-state index contributed by atoms with van der Waals surface area (Å²) in [6, 6.07) is 14.5. The Bertz CT molecular complexity index is 714. The van der Waals surface area contributed by atoms with Gasteiger partial charge in [-0.2, -0.15) is 0 Å². The van der Waals surface area contributed by atoms with Crippen molar-refractivity contribution in [1.29, 1.82) is 0 Å². The summed E-state index contributed by atoms with van der Waals surface area (Å²) in [6.07, 6.45) is 0. The van der Waals surface area contributed by atoms with Gasteiger partial charge in [-0.3, -0.25) is 0 Å². The van der Waals surface area contributed by atoms with E-state index in [0.717, 1.165) is 16.7 Å². The maximum atomic E-state index is 12.3. The number of sulfonamides is 1. The van der Waals surface area contributed by atoms with Crippen molar-refractivity contribution < 1.29 is 8.42 Å². The highest BCUT2D eigenvalue weighted by molar-refractivity contribution is 7.89. The zero-order chi connectivity index (χ0) is 15.5. The quantitative estimate of drug-likeness (QED) is 0.855. The van der Waals surface area contributed by atoms with E-state index >= 15 is 0 Å². The largest absolute Gasteiger partial charge is 0.240 e. The molecule has 112 valence electrons. The van der Waals surface area contributed by atoms with Crippen LogP contribution in [0.15, 0.2) is 53.4 Å². The molecule has 2 aromatic carbocycles. The average molecular weight is 324 g/mol. The van der Waals surface area contributed by atoms with Gasteiger partial charge in [-0.15, -0.1) is 11.6 Å². The first-order valence-electron chi connectivity index (χ1n) is 6.66. The van der Waals surface area contributed by atoms with Crippen molar-refractivity contribution in [3.05, 3.63) is 65.2 Å². The van der Waals surface area contributed by atoms with E-state index < -0.39 is 15.4 Å². The van der Waals surface area contributed by atoms with Gasteiger partial charge in [0.2, 0.25) is 10.0 Å². The smallest absolute Gasteiger partial charge is 0.209 e. The Morgan fingerprint density at radius 1 is 1.05 bits per heavy atom. The number of hydrogen-bond acceptors (Lipinski definition) is 2. The lowest BCUT2D eigenvalue weighted by Crippen LogP contribution is -2.27. The summed E-state index contributed by atoms with van der Waals surface area (Å²) in [5.41, 5.74) is 2.90. The Kier molecular flexibility index (Phi) is 5.04. The molecule has 0 aromatic heterocycles. The average Bonchev–Trinajstić information content (AvgIpc) is 2.48. The van der Waals surface area contributed by atoms with Gasteiger partial charge in [-0.1, -0.05) is 36.4 Å². The van der Waals surface area contributed by atoms with Crippen LogP contribution in [0.4, 0.5) is 0 Å². The molecule has 0 saturated carbocycles. The fourth-order valence-electron chi connectivity index (χ4n) is 1.93. The number of halogens is 1. The summed E-state index contributed by atoms with van der Waals surface area (Å²) in [6.45, 7) is 3.99. The Labute approximate surface area is 131 Å². The van der Waals surface area contributed by atoms with Crippen molar-refractivity contribution in [2.75, 3.05) is 6.54 Å². The molecule has 0 amide bonds. The van der Waals surface area contributed by atoms with Gasteiger partial charge in [0.1, 0.15) is 0 Å². The molecule has 0 saturated heterocycles. The zero-order valence-corrected chi connectivity index (χ0v) is 13.6. The first-order valence-corrected chi connectivity index (χ1v) is 8.58. The van der Waals surface area contributed by atoms with Gasteiger partial charge in [0.25, 0.3) is 0 Å². The van der Waals surface area contributed by atoms with E-state index in [4.69, 9.17) is 11.6 Å². The summed E-state index contributed by atoms with van der Waals surface area (Å²) < 4.78 is 27.1. The van der Waals surface area contributed by atoms with Gasteiger partial charge in [-0.25, -0.2) is 13.1 Å². The SMILES string of the molecule is Cc1ccc(S(=O)(=O)NCC(Cl)c2ccccc2)cc1C. The summed E-state index contributed by atoms with van der Waals surface area (Å²) in [5.74, 6) is 0. The van der Waals surface area contributed by atoms with Gasteiger partial charge in [-0.05, 0) is 42.7 Å². The van der Waals surface area contributed by atoms with E-state index in [9.17, 15) is 8.42 Å². The molecule has 2 aromatic rings. The van der Waals surface area contributed by atoms with Crippen molar-refractivity contribution in [3.63, 3.8) is 0 Å². The highest BCUT2D eigenvalue weighted by Gasteiger charge is 2.17. The normalized spacial score (nSPS) is 13.1. The van der Waals surface area contributed by atoms with E-state index in [-0.39, 0.29) is 11.4 Å². The van der Waals surface area contributed by atoms with Crippen LogP contribution >= 0.6 is 11.6 Å². The predicted molar refractivity (Wildman–Crippen MR) is 86.1 cm³/mol. The second-order valence-corrected chi connectivity index (χ2v) is 7.27. The van der Waals surface area contributed by atoms with E-state index in [1.807, 2.05) is 44.2 Å². The molecule has 5 heteroatoms. The number of alkyl halides is 1. The molecule has 0 aliphatic carbocycles. The van der Waals surface area contributed by atoms with Crippen LogP contribution in [0, 0.1) is 13.8 Å². The zero-order valence-electron chi connectivity index (χ0n) is 12.0. The van der Waals surface area contributed by atoms with Crippen molar-refractivity contribution in [2.45, 2.75) is 24.1 Å². The highest BCUT2D eigenvalue weighted by Crippen LogP contribution is 2.20. The highest BCUT2D eigenvalue weighted by atomic mass is 35.5. The lowest BCUT2D eigenvalue weighted by atomic mass is 10.1. The molecule has 3 nitrogen and oxygen atoms in total. The molecule has 21 heavy (non-hydrogen) atoms. The molecule has 0 fully saturated rings. The molecule has 2 rings (SSSR count). The second kappa shape index (κ2) is 6.60. The molecule has 1 N–H and O–H groups in total. The molecule has 0 aliphatic rings. The number of nitrogens with one attached hydrogen (secondary N) is 1. The van der Waals surface area contributed by atoms with E-state index in [1.165, 1.54) is 0 Å². The van der Waals surface area contributed by atoms with Gasteiger partial charge in [0, 0.05) is 6.54 Å². The van der Waals surface area contributed by atoms with Crippen molar-refractivity contribution in [1.82, 2.24) is 4.72 Å². The minimum atomic E-state index is -3.54. The minimum absolute atomic E-state index is 0.154. The Morgan fingerprint density at radius 3 is 2.33 bits per heavy atom. The van der Waals surface area contributed by atoms with Crippen LogP contribution in [0.1, 0.15) is 22.1 Å². The monoisotopic (exact) mass is 323 g/mol. The molecular formula is C16H18ClNO2S. The van der Waals surface area contributed by atoms with E-state index in [1.54, 1.807) is 18.2 Å². The third-order valence-electron chi connectivity index (χ3n) is 3.40. The van der Waals surface area contributed by atoms with Crippen LogP contribution in [0.3, 0.4) is 0 Å². The lowest BCUT2D eigenvalue weighted by molar-refractivity contribution is 0.580. The van der Waals surface area contributed by atoms with Gasteiger partial charge >= 0.3 is 0 Å². The van der Waals surface area contributed by atoms with Crippen LogP contribution < -0.4 is 4.72 Å². The van der Waals surface area contributed by atoms with E-state index in [0.29, 0.717) is 0 Å². The third-order valence-corrected chi connectivity index (χ3v) is 5.23. The van der Waals surface area contributed by atoms with Crippen molar-refractivity contribution in [2.24, 2.45) is 0 Å². The fourth-order valence-corrected chi connectivity index (χ4v) is 3.37. The number of benzene rings is 2. The number of aryl methyl sites for hydroxylation is 2. The van der Waals surface area contributed by atoms with Gasteiger partial charge in [0.05, 0.1) is 10.3 Å². The maximum Gasteiger partial charge on any atom is 0.240 e. The van der Waals surface area contributed by atoms with E-state index in [2.05, 4.69) is 4.72 Å². The molecule has 0 heterocycles. The second-order valence-electron chi connectivity index (χ2n) is 4.98. The summed E-state index contributed by atoms with van der Waals surface area (Å²) in [5, 5.41) is -0.396. The standard InChI is InChI=1S/C16H18ClNO2S/c1-12-8-9-15(10-13(12)2)21(19,20)18-11-16(17)14-6-4-3-5-7-14/h3-10,16,18H,11H2,1-2H3. The number of hydrogen-bond donors (Lipinski definition) is 1. The Hall–Kier alpha value is -1.36. The summed E-state index contributed by atoms with van der Waals surface area (Å²) in [4.78, 5) is 0.266. The maximum absolute atomic E-state index is 12.3. The minimum Gasteiger partial charge on any atom is -0.209 e. The third kappa shape index (κ3) is 4.06. The summed E-state index contributed by atoms with van der Waals surface area (Å²) in [7, 11) is -3.54. The first kappa shape index (κ1) is 16.0. The topological polar surface area (TPSA) is 46.2 Å². The molecule has 0 bridgehead atoms. The molecule has 0 spiro atoms. The van der Waals surface area contributed by atoms with Crippen LogP contribution in [0.5, 0.6) is 0 Å². The molecule has 0 aliphatic heterocycles.